The van der Waals surface area contributed by atoms with Gasteiger partial charge in [0.15, 0.2) is 0 Å². The zero-order chi connectivity index (χ0) is 23.9. The Labute approximate surface area is 205 Å². The molecule has 0 unspecified atom stereocenters. The van der Waals surface area contributed by atoms with Crippen molar-refractivity contribution in [3.63, 3.8) is 0 Å². The summed E-state index contributed by atoms with van der Waals surface area (Å²) in [7, 11) is 0. The smallest absolute Gasteiger partial charge is 0.252 e. The van der Waals surface area contributed by atoms with E-state index in [1.165, 1.54) is 5.56 Å². The molecule has 1 amide bonds. The van der Waals surface area contributed by atoms with Crippen molar-refractivity contribution in [1.29, 1.82) is 0 Å². The van der Waals surface area contributed by atoms with Gasteiger partial charge in [-0.1, -0.05) is 61.8 Å². The minimum Gasteiger partial charge on any atom is -0.492 e. The average Bonchev–Trinajstić information content (AvgIpc) is 3.19. The molecule has 34 heavy (non-hydrogen) atoms. The molecule has 4 aromatic rings. The number of fused-ring (bicyclic) bond motifs is 1. The lowest BCUT2D eigenvalue weighted by atomic mass is 10.0. The number of aryl methyl sites for hydroxylation is 1. The van der Waals surface area contributed by atoms with Crippen molar-refractivity contribution < 1.29 is 9.53 Å². The quantitative estimate of drug-likeness (QED) is 0.275. The molecule has 0 saturated carbocycles. The predicted molar refractivity (Wildman–Crippen MR) is 138 cm³/mol. The van der Waals surface area contributed by atoms with Gasteiger partial charge in [0.25, 0.3) is 5.91 Å². The van der Waals surface area contributed by atoms with E-state index in [0.717, 1.165) is 35.4 Å². The summed E-state index contributed by atoms with van der Waals surface area (Å²) < 4.78 is 8.23. The van der Waals surface area contributed by atoms with Crippen LogP contribution < -0.4 is 10.1 Å². The molecule has 1 N–H and O–H groups in total. The molecule has 0 aliphatic carbocycles. The molecular formula is C28H30ClN3O2. The molecule has 5 nitrogen and oxygen atoms in total. The van der Waals surface area contributed by atoms with Gasteiger partial charge in [0.1, 0.15) is 18.2 Å². The zero-order valence-corrected chi connectivity index (χ0v) is 20.4. The molecule has 0 saturated heterocycles. The Morgan fingerprint density at radius 2 is 1.76 bits per heavy atom. The second-order valence-electron chi connectivity index (χ2n) is 8.58. The highest BCUT2D eigenvalue weighted by Crippen LogP contribution is 2.20. The largest absolute Gasteiger partial charge is 0.492 e. The van der Waals surface area contributed by atoms with Gasteiger partial charge in [0.2, 0.25) is 0 Å². The summed E-state index contributed by atoms with van der Waals surface area (Å²) in [5.41, 5.74) is 3.86. The lowest BCUT2D eigenvalue weighted by Gasteiger charge is -2.12. The number of hydrogen-bond acceptors (Lipinski definition) is 3. The highest BCUT2D eigenvalue weighted by Gasteiger charge is 2.12. The van der Waals surface area contributed by atoms with E-state index < -0.39 is 0 Å². The number of rotatable bonds is 10. The Bertz CT molecular complexity index is 1250. The summed E-state index contributed by atoms with van der Waals surface area (Å²) in [4.78, 5) is 17.2. The van der Waals surface area contributed by atoms with Gasteiger partial charge >= 0.3 is 0 Å². The first kappa shape index (κ1) is 23.8. The lowest BCUT2D eigenvalue weighted by Crippen LogP contribution is -2.25. The Morgan fingerprint density at radius 3 is 2.53 bits per heavy atom. The van der Waals surface area contributed by atoms with Crippen LogP contribution >= 0.6 is 11.6 Å². The number of nitrogens with zero attached hydrogens (tertiary/aromatic N) is 2. The van der Waals surface area contributed by atoms with Gasteiger partial charge in [-0.25, -0.2) is 4.98 Å². The van der Waals surface area contributed by atoms with Crippen molar-refractivity contribution in [1.82, 2.24) is 14.9 Å². The maximum atomic E-state index is 12.4. The molecule has 176 valence electrons. The van der Waals surface area contributed by atoms with Crippen LogP contribution in [0.25, 0.3) is 11.0 Å². The molecule has 0 bridgehead atoms. The van der Waals surface area contributed by atoms with E-state index in [1.807, 2.05) is 42.5 Å². The topological polar surface area (TPSA) is 56.1 Å². The minimum absolute atomic E-state index is 0.156. The van der Waals surface area contributed by atoms with Gasteiger partial charge in [-0.3, -0.25) is 4.79 Å². The van der Waals surface area contributed by atoms with Crippen molar-refractivity contribution in [2.45, 2.75) is 39.2 Å². The second-order valence-corrected chi connectivity index (χ2v) is 8.99. The standard InChI is InChI=1S/C28H30ClN3O2/c1-20(2)21-13-15-22(16-14-21)34-19-18-32-26-11-6-5-10-25(26)31-27(32)12-7-17-30-28(33)23-8-3-4-9-24(23)29/h3-6,8-11,13-16,20H,7,12,17-19H2,1-2H3,(H,30,33). The van der Waals surface area contributed by atoms with Crippen LogP contribution in [0.2, 0.25) is 5.02 Å². The number of hydrogen-bond donors (Lipinski definition) is 1. The summed E-state index contributed by atoms with van der Waals surface area (Å²) in [6, 6.07) is 23.5. The summed E-state index contributed by atoms with van der Waals surface area (Å²) in [6.07, 6.45) is 1.53. The number of ether oxygens (including phenoxy) is 1. The highest BCUT2D eigenvalue weighted by molar-refractivity contribution is 6.33. The van der Waals surface area contributed by atoms with E-state index in [0.29, 0.717) is 36.2 Å². The van der Waals surface area contributed by atoms with Crippen LogP contribution in [0.1, 0.15) is 47.9 Å². The normalized spacial score (nSPS) is 11.2. The van der Waals surface area contributed by atoms with E-state index >= 15 is 0 Å². The number of nitrogens with one attached hydrogen (secondary N) is 1. The monoisotopic (exact) mass is 475 g/mol. The first-order valence-corrected chi connectivity index (χ1v) is 12.1. The predicted octanol–water partition coefficient (Wildman–Crippen LogP) is 6.25. The van der Waals surface area contributed by atoms with Crippen LogP contribution in [0.5, 0.6) is 5.75 Å². The molecule has 0 aliphatic heterocycles. The Hall–Kier alpha value is -3.31. The highest BCUT2D eigenvalue weighted by atomic mass is 35.5. The third-order valence-corrected chi connectivity index (χ3v) is 6.17. The molecule has 3 aromatic carbocycles. The molecule has 6 heteroatoms. The Balaban J connectivity index is 1.36. The average molecular weight is 476 g/mol. The first-order valence-electron chi connectivity index (χ1n) is 11.7. The van der Waals surface area contributed by atoms with E-state index in [2.05, 4.69) is 41.9 Å². The molecule has 0 fully saturated rings. The molecule has 1 heterocycles. The van der Waals surface area contributed by atoms with Gasteiger partial charge in [0, 0.05) is 13.0 Å². The van der Waals surface area contributed by atoms with Crippen molar-refractivity contribution in [2.75, 3.05) is 13.2 Å². The number of aromatic nitrogens is 2. The molecule has 0 spiro atoms. The maximum absolute atomic E-state index is 12.4. The van der Waals surface area contributed by atoms with Crippen molar-refractivity contribution in [3.8, 4) is 5.75 Å². The molecule has 0 radical (unpaired) electrons. The lowest BCUT2D eigenvalue weighted by molar-refractivity contribution is 0.0953. The molecule has 0 aliphatic rings. The van der Waals surface area contributed by atoms with Crippen molar-refractivity contribution >= 4 is 28.5 Å². The number of benzene rings is 3. The fourth-order valence-electron chi connectivity index (χ4n) is 3.96. The van der Waals surface area contributed by atoms with Crippen molar-refractivity contribution in [3.05, 3.63) is 94.8 Å². The summed E-state index contributed by atoms with van der Waals surface area (Å²) >= 11 is 6.12. The number of imidazole rings is 1. The van der Waals surface area contributed by atoms with E-state index in [4.69, 9.17) is 21.3 Å². The van der Waals surface area contributed by atoms with Gasteiger partial charge in [0.05, 0.1) is 28.2 Å². The number of para-hydroxylation sites is 2. The fourth-order valence-corrected chi connectivity index (χ4v) is 4.18. The third-order valence-electron chi connectivity index (χ3n) is 5.85. The van der Waals surface area contributed by atoms with E-state index in [9.17, 15) is 4.79 Å². The van der Waals surface area contributed by atoms with Crippen LogP contribution in [0.15, 0.2) is 72.8 Å². The summed E-state index contributed by atoms with van der Waals surface area (Å²) in [5.74, 6) is 2.21. The van der Waals surface area contributed by atoms with Gasteiger partial charge in [-0.2, -0.15) is 0 Å². The molecule has 1 aromatic heterocycles. The van der Waals surface area contributed by atoms with Crippen molar-refractivity contribution in [2.24, 2.45) is 0 Å². The fraction of sp³-hybridized carbons (Fsp3) is 0.286. The maximum Gasteiger partial charge on any atom is 0.252 e. The Kier molecular flexibility index (Phi) is 7.86. The van der Waals surface area contributed by atoms with Gasteiger partial charge in [-0.05, 0) is 54.3 Å². The van der Waals surface area contributed by atoms with Crippen LogP contribution in [0.4, 0.5) is 0 Å². The molecule has 0 atom stereocenters. The Morgan fingerprint density at radius 1 is 1.03 bits per heavy atom. The second kappa shape index (κ2) is 11.2. The van der Waals surface area contributed by atoms with Gasteiger partial charge < -0.3 is 14.6 Å². The third kappa shape index (κ3) is 5.78. The number of carbonyl (C=O) groups is 1. The minimum atomic E-state index is -0.156. The number of halogens is 1. The van der Waals surface area contributed by atoms with E-state index in [1.54, 1.807) is 12.1 Å². The summed E-state index contributed by atoms with van der Waals surface area (Å²) in [5, 5.41) is 3.41. The first-order chi connectivity index (χ1) is 16.5. The number of amides is 1. The van der Waals surface area contributed by atoms with Gasteiger partial charge in [-0.15, -0.1) is 0 Å². The zero-order valence-electron chi connectivity index (χ0n) is 19.6. The SMILES string of the molecule is CC(C)c1ccc(OCCn2c(CCCNC(=O)c3ccccc3Cl)nc3ccccc32)cc1. The van der Waals surface area contributed by atoms with Crippen LogP contribution in [0.3, 0.4) is 0 Å². The number of carbonyl (C=O) groups excluding carboxylic acids is 1. The van der Waals surface area contributed by atoms with E-state index in [-0.39, 0.29) is 5.91 Å². The van der Waals surface area contributed by atoms with Crippen LogP contribution in [-0.2, 0) is 13.0 Å². The molecule has 4 rings (SSSR count). The van der Waals surface area contributed by atoms with Crippen LogP contribution in [0, 0.1) is 0 Å². The molecular weight excluding hydrogens is 446 g/mol. The van der Waals surface area contributed by atoms with Crippen LogP contribution in [-0.4, -0.2) is 28.6 Å². The summed E-state index contributed by atoms with van der Waals surface area (Å²) in [6.45, 7) is 6.17.